The SMILES string of the molecule is COC(=O)[C@@H]1[C@@H](C=O)C(C)(C)N([O])C1(C)C. The van der Waals surface area contributed by atoms with Crippen molar-refractivity contribution in [2.45, 2.75) is 38.8 Å². The molecule has 0 aromatic carbocycles. The van der Waals surface area contributed by atoms with E-state index in [-0.39, 0.29) is 0 Å². The first-order valence-electron chi connectivity index (χ1n) is 5.21. The predicted octanol–water partition coefficient (Wildman–Crippen LogP) is 0.809. The van der Waals surface area contributed by atoms with Gasteiger partial charge < -0.3 is 9.53 Å². The van der Waals surface area contributed by atoms with E-state index in [1.165, 1.54) is 7.11 Å². The molecule has 1 radical (unpaired) electrons. The molecule has 0 bridgehead atoms. The number of esters is 1. The highest BCUT2D eigenvalue weighted by atomic mass is 16.5. The van der Waals surface area contributed by atoms with Crippen LogP contribution < -0.4 is 0 Å². The van der Waals surface area contributed by atoms with Gasteiger partial charge in [0.25, 0.3) is 0 Å². The Bertz CT molecular complexity index is 311. The van der Waals surface area contributed by atoms with Crippen molar-refractivity contribution in [3.8, 4) is 0 Å². The number of carbonyl (C=O) groups is 2. The van der Waals surface area contributed by atoms with Crippen molar-refractivity contribution in [3.63, 3.8) is 0 Å². The van der Waals surface area contributed by atoms with Crippen LogP contribution in [-0.2, 0) is 19.5 Å². The molecule has 0 N–H and O–H groups in total. The van der Waals surface area contributed by atoms with Gasteiger partial charge in [0.05, 0.1) is 30.0 Å². The molecule has 1 aliphatic rings. The van der Waals surface area contributed by atoms with Crippen molar-refractivity contribution in [2.24, 2.45) is 11.8 Å². The van der Waals surface area contributed by atoms with Crippen molar-refractivity contribution in [1.29, 1.82) is 0 Å². The number of hydrogen-bond acceptors (Lipinski definition) is 4. The molecule has 1 rings (SSSR count). The first kappa shape index (κ1) is 13.1. The van der Waals surface area contributed by atoms with Crippen molar-refractivity contribution in [1.82, 2.24) is 5.06 Å². The predicted molar refractivity (Wildman–Crippen MR) is 55.7 cm³/mol. The Labute approximate surface area is 95.3 Å². The molecule has 2 atom stereocenters. The number of hydroxylamine groups is 2. The van der Waals surface area contributed by atoms with E-state index in [4.69, 9.17) is 0 Å². The topological polar surface area (TPSA) is 66.5 Å². The van der Waals surface area contributed by atoms with E-state index in [1.54, 1.807) is 27.7 Å². The summed E-state index contributed by atoms with van der Waals surface area (Å²) < 4.78 is 4.68. The summed E-state index contributed by atoms with van der Waals surface area (Å²) in [6.07, 6.45) is 0.682. The normalized spacial score (nSPS) is 32.4. The third-order valence-electron chi connectivity index (χ3n) is 3.58. The molecule has 1 saturated heterocycles. The summed E-state index contributed by atoms with van der Waals surface area (Å²) in [5.41, 5.74) is -1.81. The fourth-order valence-electron chi connectivity index (χ4n) is 2.66. The zero-order valence-electron chi connectivity index (χ0n) is 10.3. The highest BCUT2D eigenvalue weighted by Gasteiger charge is 2.62. The van der Waals surface area contributed by atoms with Crippen LogP contribution in [0.25, 0.3) is 0 Å². The molecule has 91 valence electrons. The standard InChI is InChI=1S/C11H18NO4/c1-10(2)7(6-13)8(9(14)16-5)11(3,4)12(10)15/h6-8H,1-5H3/t7-,8+/m1/s1. The molecule has 1 heterocycles. The van der Waals surface area contributed by atoms with Crippen molar-refractivity contribution >= 4 is 12.3 Å². The van der Waals surface area contributed by atoms with E-state index in [9.17, 15) is 14.8 Å². The Morgan fingerprint density at radius 2 is 1.75 bits per heavy atom. The average Bonchev–Trinajstić information content (AvgIpc) is 2.34. The van der Waals surface area contributed by atoms with Crippen LogP contribution in [0.5, 0.6) is 0 Å². The maximum atomic E-state index is 12.1. The summed E-state index contributed by atoms with van der Waals surface area (Å²) in [5.74, 6) is -1.87. The van der Waals surface area contributed by atoms with E-state index >= 15 is 0 Å². The highest BCUT2D eigenvalue weighted by Crippen LogP contribution is 2.47. The van der Waals surface area contributed by atoms with Crippen LogP contribution >= 0.6 is 0 Å². The number of aldehydes is 1. The monoisotopic (exact) mass is 228 g/mol. The van der Waals surface area contributed by atoms with Crippen LogP contribution in [0.3, 0.4) is 0 Å². The molecule has 16 heavy (non-hydrogen) atoms. The minimum Gasteiger partial charge on any atom is -0.469 e. The van der Waals surface area contributed by atoms with Gasteiger partial charge in [0.1, 0.15) is 6.29 Å². The Hall–Kier alpha value is -0.940. The zero-order valence-corrected chi connectivity index (χ0v) is 10.3. The number of ether oxygens (including phenoxy) is 1. The number of nitrogens with zero attached hydrogens (tertiary/aromatic N) is 1. The van der Waals surface area contributed by atoms with Gasteiger partial charge in [-0.25, -0.2) is 0 Å². The lowest BCUT2D eigenvalue weighted by Crippen LogP contribution is -2.47. The molecular weight excluding hydrogens is 210 g/mol. The second-order valence-electron chi connectivity index (χ2n) is 5.26. The molecular formula is C11H18NO4. The van der Waals surface area contributed by atoms with Crippen LogP contribution in [0.15, 0.2) is 0 Å². The smallest absolute Gasteiger partial charge is 0.311 e. The number of methoxy groups -OCH3 is 1. The van der Waals surface area contributed by atoms with Gasteiger partial charge in [0, 0.05) is 0 Å². The molecule has 0 unspecified atom stereocenters. The number of rotatable bonds is 2. The molecule has 0 amide bonds. The minimum absolute atomic E-state index is 0.506. The average molecular weight is 228 g/mol. The zero-order chi connectivity index (χ0) is 12.7. The van der Waals surface area contributed by atoms with Gasteiger partial charge in [-0.05, 0) is 27.7 Å². The summed E-state index contributed by atoms with van der Waals surface area (Å²) in [4.78, 5) is 22.8. The van der Waals surface area contributed by atoms with Gasteiger partial charge in [-0.2, -0.15) is 0 Å². The molecule has 0 aliphatic carbocycles. The van der Waals surface area contributed by atoms with Crippen LogP contribution in [0.2, 0.25) is 0 Å². The van der Waals surface area contributed by atoms with Crippen LogP contribution in [0.4, 0.5) is 0 Å². The quantitative estimate of drug-likeness (QED) is 0.518. The Balaban J connectivity index is 3.24. The number of carbonyl (C=O) groups excluding carboxylic acids is 2. The van der Waals surface area contributed by atoms with Gasteiger partial charge in [-0.15, -0.1) is 10.3 Å². The molecule has 0 spiro atoms. The molecule has 0 saturated carbocycles. The lowest BCUT2D eigenvalue weighted by molar-refractivity contribution is -0.250. The molecule has 0 aromatic rings. The van der Waals surface area contributed by atoms with Crippen LogP contribution in [0.1, 0.15) is 27.7 Å². The lowest BCUT2D eigenvalue weighted by Gasteiger charge is -2.32. The summed E-state index contributed by atoms with van der Waals surface area (Å²) in [6, 6.07) is 0. The van der Waals surface area contributed by atoms with Crippen LogP contribution in [0, 0.1) is 11.8 Å². The lowest BCUT2D eigenvalue weighted by atomic mass is 9.78. The van der Waals surface area contributed by atoms with Crippen molar-refractivity contribution in [3.05, 3.63) is 0 Å². The molecule has 5 heteroatoms. The van der Waals surface area contributed by atoms with Crippen molar-refractivity contribution in [2.75, 3.05) is 7.11 Å². The number of hydrogen-bond donors (Lipinski definition) is 0. The second-order valence-corrected chi connectivity index (χ2v) is 5.26. The fraction of sp³-hybridized carbons (Fsp3) is 0.818. The van der Waals surface area contributed by atoms with Gasteiger partial charge in [0.15, 0.2) is 0 Å². The van der Waals surface area contributed by atoms with Crippen LogP contribution in [-0.4, -0.2) is 35.5 Å². The highest BCUT2D eigenvalue weighted by molar-refractivity contribution is 5.80. The van der Waals surface area contributed by atoms with Gasteiger partial charge >= 0.3 is 5.97 Å². The summed E-state index contributed by atoms with van der Waals surface area (Å²) in [7, 11) is 1.26. The van der Waals surface area contributed by atoms with E-state index in [0.29, 0.717) is 6.29 Å². The summed E-state index contributed by atoms with van der Waals surface area (Å²) in [5, 5.41) is 12.9. The summed E-state index contributed by atoms with van der Waals surface area (Å²) >= 11 is 0. The molecule has 1 aliphatic heterocycles. The van der Waals surface area contributed by atoms with Crippen molar-refractivity contribution < 1.29 is 19.5 Å². The Morgan fingerprint density at radius 3 is 2.12 bits per heavy atom. The first-order chi connectivity index (χ1) is 7.21. The maximum absolute atomic E-state index is 12.1. The minimum atomic E-state index is -0.928. The van der Waals surface area contributed by atoms with Gasteiger partial charge in [-0.3, -0.25) is 4.79 Å². The summed E-state index contributed by atoms with van der Waals surface area (Å²) in [6.45, 7) is 6.66. The van der Waals surface area contributed by atoms with Gasteiger partial charge in [0.2, 0.25) is 0 Å². The first-order valence-corrected chi connectivity index (χ1v) is 5.21. The molecule has 5 nitrogen and oxygen atoms in total. The maximum Gasteiger partial charge on any atom is 0.311 e. The largest absolute Gasteiger partial charge is 0.469 e. The molecule has 1 fully saturated rings. The van der Waals surface area contributed by atoms with E-state index in [0.717, 1.165) is 5.06 Å². The second kappa shape index (κ2) is 3.82. The Kier molecular flexibility index (Phi) is 3.13. The third kappa shape index (κ3) is 1.55. The third-order valence-corrected chi connectivity index (χ3v) is 3.58. The fourth-order valence-corrected chi connectivity index (χ4v) is 2.66. The van der Waals surface area contributed by atoms with E-state index in [2.05, 4.69) is 4.74 Å². The molecule has 0 aromatic heterocycles. The van der Waals surface area contributed by atoms with Gasteiger partial charge in [-0.1, -0.05) is 0 Å². The Morgan fingerprint density at radius 1 is 1.25 bits per heavy atom. The van der Waals surface area contributed by atoms with E-state index in [1.807, 2.05) is 0 Å². The van der Waals surface area contributed by atoms with E-state index < -0.39 is 28.9 Å².